The van der Waals surface area contributed by atoms with E-state index in [-0.39, 0.29) is 20.3 Å². The van der Waals surface area contributed by atoms with Gasteiger partial charge in [-0.3, -0.25) is 15.0 Å². The predicted octanol–water partition coefficient (Wildman–Crippen LogP) is 2.49. The van der Waals surface area contributed by atoms with Gasteiger partial charge in [0.05, 0.1) is 16.5 Å². The Morgan fingerprint density at radius 2 is 1.89 bits per heavy atom. The maximum Gasteiger partial charge on any atom is 0.279 e. The first-order valence-corrected chi connectivity index (χ1v) is 9.72. The number of aromatic hydroxyl groups is 1. The Balaban J connectivity index is 1.80. The molecule has 0 radical (unpaired) electrons. The van der Waals surface area contributed by atoms with Crippen LogP contribution in [-0.4, -0.2) is 21.6 Å². The molecule has 0 saturated carbocycles. The summed E-state index contributed by atoms with van der Waals surface area (Å²) in [6.07, 6.45) is 0. The molecule has 0 fully saturated rings. The number of nitrogens with one attached hydrogen (secondary N) is 1. The minimum Gasteiger partial charge on any atom is -0.492 e. The third kappa shape index (κ3) is 3.03. The smallest absolute Gasteiger partial charge is 0.279 e. The fourth-order valence-corrected chi connectivity index (χ4v) is 4.44. The summed E-state index contributed by atoms with van der Waals surface area (Å²) in [5.41, 5.74) is 3.22. The topological polar surface area (TPSA) is 83.7 Å². The van der Waals surface area contributed by atoms with Crippen LogP contribution in [-0.2, 0) is 4.79 Å². The highest BCUT2D eigenvalue weighted by Gasteiger charge is 2.26. The zero-order valence-corrected chi connectivity index (χ0v) is 16.7. The predicted molar refractivity (Wildman–Crippen MR) is 107 cm³/mol. The van der Waals surface area contributed by atoms with E-state index in [9.17, 15) is 14.7 Å². The maximum atomic E-state index is 12.5. The Bertz CT molecular complexity index is 1290. The summed E-state index contributed by atoms with van der Waals surface area (Å²) in [5.74, 6) is -1.21. The van der Waals surface area contributed by atoms with Crippen molar-refractivity contribution in [1.82, 2.24) is 4.68 Å². The number of para-hydroxylation sites is 1. The fourth-order valence-electron chi connectivity index (χ4n) is 2.72. The van der Waals surface area contributed by atoms with Gasteiger partial charge in [0.25, 0.3) is 11.8 Å². The molecule has 1 aliphatic rings. The average molecular weight is 460 g/mol. The number of amides is 2. The number of carbonyl (C=O) groups is 2. The van der Waals surface area contributed by atoms with Crippen molar-refractivity contribution >= 4 is 56.9 Å². The lowest BCUT2D eigenvalue weighted by atomic mass is 10.1. The normalized spacial score (nSPS) is 12.6. The Hall–Kier alpha value is -2.62. The molecule has 1 aromatic heterocycles. The molecule has 0 atom stereocenters. The minimum atomic E-state index is -0.453. The summed E-state index contributed by atoms with van der Waals surface area (Å²) in [7, 11) is 0. The molecule has 3 aromatic rings. The molecule has 4 rings (SSSR count). The number of hydrogen-bond acceptors (Lipinski definition) is 5. The van der Waals surface area contributed by atoms with Crippen LogP contribution in [0.25, 0.3) is 5.57 Å². The molecule has 0 saturated heterocycles. The second kappa shape index (κ2) is 6.84. The van der Waals surface area contributed by atoms with E-state index in [1.54, 1.807) is 48.5 Å². The Kier molecular flexibility index (Phi) is 4.50. The Morgan fingerprint density at radius 3 is 2.67 bits per heavy atom. The molecule has 0 spiro atoms. The molecule has 0 unspecified atom stereocenters. The van der Waals surface area contributed by atoms with Crippen LogP contribution in [0, 0.1) is 3.95 Å². The van der Waals surface area contributed by atoms with Crippen LogP contribution < -0.4 is 16.0 Å². The molecule has 6 nitrogen and oxygen atoms in total. The van der Waals surface area contributed by atoms with Crippen molar-refractivity contribution < 1.29 is 14.7 Å². The molecule has 2 heterocycles. The van der Waals surface area contributed by atoms with Gasteiger partial charge in [0.2, 0.25) is 5.88 Å². The number of thiazole rings is 1. The molecular formula is C18H10BrN3O3S2. The van der Waals surface area contributed by atoms with E-state index in [0.29, 0.717) is 20.6 Å². The summed E-state index contributed by atoms with van der Waals surface area (Å²) in [6, 6.07) is 13.9. The first-order valence-electron chi connectivity index (χ1n) is 7.71. The van der Waals surface area contributed by atoms with Crippen LogP contribution in [0.15, 0.2) is 58.0 Å². The van der Waals surface area contributed by atoms with Gasteiger partial charge in [-0.15, -0.1) is 0 Å². The van der Waals surface area contributed by atoms with Gasteiger partial charge in [-0.2, -0.15) is 4.68 Å². The number of hydrogen-bond donors (Lipinski definition) is 2. The van der Waals surface area contributed by atoms with Gasteiger partial charge < -0.3 is 5.11 Å². The number of carbonyl (C=O) groups excluding carboxylic acids is 2. The van der Waals surface area contributed by atoms with Gasteiger partial charge in [-0.25, -0.2) is 4.99 Å². The highest BCUT2D eigenvalue weighted by atomic mass is 79.9. The summed E-state index contributed by atoms with van der Waals surface area (Å²) in [5, 5.41) is 11.8. The summed E-state index contributed by atoms with van der Waals surface area (Å²) in [4.78, 5) is 29.1. The second-order valence-electron chi connectivity index (χ2n) is 5.59. The van der Waals surface area contributed by atoms with E-state index < -0.39 is 11.8 Å². The average Bonchev–Trinajstić information content (AvgIpc) is 3.12. The first-order chi connectivity index (χ1) is 13.0. The van der Waals surface area contributed by atoms with E-state index in [1.165, 1.54) is 0 Å². The lowest BCUT2D eigenvalue weighted by Crippen LogP contribution is -2.23. The molecular weight excluding hydrogens is 450 g/mol. The van der Waals surface area contributed by atoms with Crippen molar-refractivity contribution in [3.05, 3.63) is 78.0 Å². The number of fused-ring (bicyclic) bond motifs is 1. The SMILES string of the molecule is O=C1N=c2ccccc2=C1c1sc(=S)n(NC(=O)c2ccccc2Br)c1O. The van der Waals surface area contributed by atoms with Gasteiger partial charge in [0.1, 0.15) is 4.88 Å². The fraction of sp³-hybridized carbons (Fsp3) is 0. The molecule has 134 valence electrons. The molecule has 1 aliphatic heterocycles. The maximum absolute atomic E-state index is 12.5. The van der Waals surface area contributed by atoms with Crippen molar-refractivity contribution in [1.29, 1.82) is 0 Å². The molecule has 27 heavy (non-hydrogen) atoms. The first kappa shape index (κ1) is 17.8. The van der Waals surface area contributed by atoms with Gasteiger partial charge in [-0.05, 0) is 46.3 Å². The van der Waals surface area contributed by atoms with Crippen LogP contribution in [0.5, 0.6) is 5.88 Å². The zero-order chi connectivity index (χ0) is 19.1. The number of benzene rings is 2. The third-order valence-electron chi connectivity index (χ3n) is 3.95. The van der Waals surface area contributed by atoms with Crippen LogP contribution in [0.1, 0.15) is 15.2 Å². The van der Waals surface area contributed by atoms with Crippen molar-refractivity contribution in [2.75, 3.05) is 5.43 Å². The Labute approximate surface area is 170 Å². The van der Waals surface area contributed by atoms with Crippen LogP contribution in [0.2, 0.25) is 0 Å². The molecule has 9 heteroatoms. The lowest BCUT2D eigenvalue weighted by Gasteiger charge is -2.09. The van der Waals surface area contributed by atoms with Gasteiger partial charge in [0.15, 0.2) is 3.95 Å². The van der Waals surface area contributed by atoms with Crippen molar-refractivity contribution in [2.24, 2.45) is 4.99 Å². The second-order valence-corrected chi connectivity index (χ2v) is 8.08. The van der Waals surface area contributed by atoms with Crippen molar-refractivity contribution in [3.63, 3.8) is 0 Å². The van der Waals surface area contributed by atoms with Crippen molar-refractivity contribution in [3.8, 4) is 5.88 Å². The largest absolute Gasteiger partial charge is 0.492 e. The molecule has 2 amide bonds. The monoisotopic (exact) mass is 459 g/mol. The van der Waals surface area contributed by atoms with Gasteiger partial charge in [-0.1, -0.05) is 41.7 Å². The lowest BCUT2D eigenvalue weighted by molar-refractivity contribution is -0.112. The van der Waals surface area contributed by atoms with Gasteiger partial charge in [0, 0.05) is 9.69 Å². The third-order valence-corrected chi connectivity index (χ3v) is 6.03. The van der Waals surface area contributed by atoms with E-state index >= 15 is 0 Å². The number of nitrogens with zero attached hydrogens (tertiary/aromatic N) is 2. The highest BCUT2D eigenvalue weighted by Crippen LogP contribution is 2.32. The van der Waals surface area contributed by atoms with Crippen LogP contribution in [0.4, 0.5) is 0 Å². The standard InChI is InChI=1S/C18H10BrN3O3S2/c19-11-7-3-1-5-9(11)15(23)21-22-17(25)14(27-18(22)26)13-10-6-2-4-8-12(10)20-16(13)24/h1-8,25H,(H,21,23). The molecule has 0 bridgehead atoms. The van der Waals surface area contributed by atoms with Crippen LogP contribution >= 0.6 is 39.5 Å². The van der Waals surface area contributed by atoms with E-state index in [4.69, 9.17) is 12.2 Å². The number of halogens is 1. The Morgan fingerprint density at radius 1 is 1.19 bits per heavy atom. The molecule has 2 aromatic carbocycles. The summed E-state index contributed by atoms with van der Waals surface area (Å²) < 4.78 is 1.91. The number of aromatic nitrogens is 1. The molecule has 2 N–H and O–H groups in total. The highest BCUT2D eigenvalue weighted by molar-refractivity contribution is 9.10. The summed E-state index contributed by atoms with van der Waals surface area (Å²) in [6.45, 7) is 0. The van der Waals surface area contributed by atoms with E-state index in [0.717, 1.165) is 16.0 Å². The van der Waals surface area contributed by atoms with Gasteiger partial charge >= 0.3 is 0 Å². The van der Waals surface area contributed by atoms with Crippen molar-refractivity contribution in [2.45, 2.75) is 0 Å². The zero-order valence-electron chi connectivity index (χ0n) is 13.5. The van der Waals surface area contributed by atoms with Crippen LogP contribution in [0.3, 0.4) is 0 Å². The number of rotatable bonds is 3. The van der Waals surface area contributed by atoms with E-state index in [1.807, 2.05) is 0 Å². The van der Waals surface area contributed by atoms with E-state index in [2.05, 4.69) is 26.3 Å². The summed E-state index contributed by atoms with van der Waals surface area (Å²) >= 11 is 9.62. The minimum absolute atomic E-state index is 0.201. The molecule has 0 aliphatic carbocycles. The quantitative estimate of drug-likeness (QED) is 0.589.